The van der Waals surface area contributed by atoms with Crippen LogP contribution in [0.15, 0.2) is 12.2 Å². The first kappa shape index (κ1) is 14.9. The highest BCUT2D eigenvalue weighted by molar-refractivity contribution is 5.91. The molecule has 3 saturated carbocycles. The summed E-state index contributed by atoms with van der Waals surface area (Å²) in [7, 11) is 0. The quantitative estimate of drug-likeness (QED) is 0.730. The van der Waals surface area contributed by atoms with Crippen LogP contribution in [0, 0.1) is 34.5 Å². The van der Waals surface area contributed by atoms with Gasteiger partial charge in [-0.05, 0) is 86.0 Å². The number of aliphatic hydroxyl groups is 1. The fraction of sp³-hybridized carbons (Fsp3) is 0.850. The molecule has 0 aromatic rings. The van der Waals surface area contributed by atoms with Gasteiger partial charge in [-0.3, -0.25) is 4.79 Å². The Hall–Kier alpha value is -0.630. The zero-order chi connectivity index (χ0) is 15.8. The van der Waals surface area contributed by atoms with Crippen molar-refractivity contribution in [2.24, 2.45) is 34.5 Å². The number of carbonyl (C=O) groups excluding carboxylic acids is 1. The molecule has 2 heteroatoms. The summed E-state index contributed by atoms with van der Waals surface area (Å²) in [6.45, 7) is 6.82. The average molecular weight is 302 g/mol. The summed E-state index contributed by atoms with van der Waals surface area (Å²) in [6.07, 6.45) is 11.9. The third-order valence-electron chi connectivity index (χ3n) is 8.60. The minimum atomic E-state index is -0.487. The van der Waals surface area contributed by atoms with Crippen molar-refractivity contribution in [3.63, 3.8) is 0 Å². The molecule has 2 nitrogen and oxygen atoms in total. The second-order valence-electron chi connectivity index (χ2n) is 9.29. The Labute approximate surface area is 134 Å². The number of fused-ring (bicyclic) bond motifs is 5. The number of hydrogen-bond acceptors (Lipinski definition) is 2. The molecule has 7 atom stereocenters. The molecule has 1 N–H and O–H groups in total. The lowest BCUT2D eigenvalue weighted by molar-refractivity contribution is -0.135. The van der Waals surface area contributed by atoms with E-state index in [0.717, 1.165) is 25.2 Å². The van der Waals surface area contributed by atoms with E-state index in [2.05, 4.69) is 26.8 Å². The Morgan fingerprint density at radius 1 is 1.05 bits per heavy atom. The molecule has 122 valence electrons. The molecule has 0 aromatic carbocycles. The standard InChI is InChI=1S/C20H30O2/c1-18-9-6-14(21)12-13(18)4-5-15-16(18)7-10-19(2)17(15)8-11-20(19,3)22/h6,9,13,15-17,22H,4-5,7-8,10-12H2,1-3H3/t13-,15?,16?,17?,18?,19?,20-/m1/s1. The molecule has 0 heterocycles. The first-order chi connectivity index (χ1) is 10.3. The second kappa shape index (κ2) is 4.47. The summed E-state index contributed by atoms with van der Waals surface area (Å²) in [5, 5.41) is 10.9. The van der Waals surface area contributed by atoms with Gasteiger partial charge in [0.05, 0.1) is 5.60 Å². The monoisotopic (exact) mass is 302 g/mol. The Morgan fingerprint density at radius 2 is 1.77 bits per heavy atom. The van der Waals surface area contributed by atoms with E-state index in [1.807, 2.05) is 6.08 Å². The molecule has 3 fully saturated rings. The van der Waals surface area contributed by atoms with Gasteiger partial charge in [0.2, 0.25) is 0 Å². The molecule has 0 radical (unpaired) electrons. The van der Waals surface area contributed by atoms with E-state index in [1.54, 1.807) is 0 Å². The zero-order valence-corrected chi connectivity index (χ0v) is 14.3. The van der Waals surface area contributed by atoms with Crippen LogP contribution in [0.25, 0.3) is 0 Å². The van der Waals surface area contributed by atoms with Crippen molar-refractivity contribution in [2.75, 3.05) is 0 Å². The summed E-state index contributed by atoms with van der Waals surface area (Å²) >= 11 is 0. The van der Waals surface area contributed by atoms with E-state index >= 15 is 0 Å². The molecule has 0 aromatic heterocycles. The Bertz CT molecular complexity index is 534. The van der Waals surface area contributed by atoms with Gasteiger partial charge in [-0.25, -0.2) is 0 Å². The molecular weight excluding hydrogens is 272 g/mol. The van der Waals surface area contributed by atoms with E-state index in [9.17, 15) is 9.90 Å². The zero-order valence-electron chi connectivity index (χ0n) is 14.3. The van der Waals surface area contributed by atoms with Crippen molar-refractivity contribution in [2.45, 2.75) is 71.3 Å². The molecule has 4 aliphatic rings. The summed E-state index contributed by atoms with van der Waals surface area (Å²) in [5.41, 5.74) is -0.170. The molecule has 0 aliphatic heterocycles. The highest BCUT2D eigenvalue weighted by atomic mass is 16.3. The second-order valence-corrected chi connectivity index (χ2v) is 9.29. The molecule has 0 amide bonds. The predicted molar refractivity (Wildman–Crippen MR) is 87.3 cm³/mol. The highest BCUT2D eigenvalue weighted by Crippen LogP contribution is 2.67. The van der Waals surface area contributed by atoms with Crippen molar-refractivity contribution < 1.29 is 9.90 Å². The fourth-order valence-corrected chi connectivity index (χ4v) is 6.88. The summed E-state index contributed by atoms with van der Waals surface area (Å²) in [5.74, 6) is 3.00. The number of carbonyl (C=O) groups is 1. The third kappa shape index (κ3) is 1.74. The van der Waals surface area contributed by atoms with Gasteiger partial charge in [0.15, 0.2) is 5.78 Å². The first-order valence-corrected chi connectivity index (χ1v) is 9.22. The van der Waals surface area contributed by atoms with Crippen LogP contribution in [0.3, 0.4) is 0 Å². The lowest BCUT2D eigenvalue weighted by Crippen LogP contribution is -2.55. The Kier molecular flexibility index (Phi) is 3.03. The average Bonchev–Trinajstić information content (AvgIpc) is 2.70. The number of allylic oxidation sites excluding steroid dienone is 2. The van der Waals surface area contributed by atoms with Gasteiger partial charge < -0.3 is 5.11 Å². The summed E-state index contributed by atoms with van der Waals surface area (Å²) in [6, 6.07) is 0. The van der Waals surface area contributed by atoms with Crippen molar-refractivity contribution >= 4 is 5.78 Å². The molecule has 0 spiro atoms. The van der Waals surface area contributed by atoms with E-state index in [0.29, 0.717) is 23.5 Å². The predicted octanol–water partition coefficient (Wildman–Crippen LogP) is 4.13. The summed E-state index contributed by atoms with van der Waals surface area (Å²) in [4.78, 5) is 11.8. The van der Waals surface area contributed by atoms with Crippen LogP contribution in [0.1, 0.15) is 65.7 Å². The van der Waals surface area contributed by atoms with Crippen molar-refractivity contribution in [3.8, 4) is 0 Å². The van der Waals surface area contributed by atoms with Gasteiger partial charge in [0.25, 0.3) is 0 Å². The van der Waals surface area contributed by atoms with Gasteiger partial charge in [0.1, 0.15) is 0 Å². The van der Waals surface area contributed by atoms with Gasteiger partial charge in [0, 0.05) is 6.42 Å². The molecule has 4 rings (SSSR count). The van der Waals surface area contributed by atoms with Crippen molar-refractivity contribution in [3.05, 3.63) is 12.2 Å². The molecule has 4 aliphatic carbocycles. The molecule has 0 bridgehead atoms. The lowest BCUT2D eigenvalue weighted by atomic mass is 9.45. The normalized spacial score (nSPS) is 57.2. The van der Waals surface area contributed by atoms with Crippen LogP contribution in [0.2, 0.25) is 0 Å². The maximum absolute atomic E-state index is 11.8. The number of ketones is 1. The third-order valence-corrected chi connectivity index (χ3v) is 8.60. The van der Waals surface area contributed by atoms with E-state index in [-0.39, 0.29) is 10.8 Å². The van der Waals surface area contributed by atoms with Crippen LogP contribution >= 0.6 is 0 Å². The van der Waals surface area contributed by atoms with Crippen molar-refractivity contribution in [1.82, 2.24) is 0 Å². The fourth-order valence-electron chi connectivity index (χ4n) is 6.88. The lowest BCUT2D eigenvalue weighted by Gasteiger charge is -2.59. The van der Waals surface area contributed by atoms with Crippen LogP contribution < -0.4 is 0 Å². The maximum atomic E-state index is 11.8. The minimum Gasteiger partial charge on any atom is -0.390 e. The topological polar surface area (TPSA) is 37.3 Å². The van der Waals surface area contributed by atoms with Crippen LogP contribution in [-0.4, -0.2) is 16.5 Å². The van der Waals surface area contributed by atoms with Crippen LogP contribution in [0.5, 0.6) is 0 Å². The highest BCUT2D eigenvalue weighted by Gasteiger charge is 2.62. The minimum absolute atomic E-state index is 0.103. The van der Waals surface area contributed by atoms with Crippen molar-refractivity contribution in [1.29, 1.82) is 0 Å². The van der Waals surface area contributed by atoms with Crippen LogP contribution in [0.4, 0.5) is 0 Å². The largest absolute Gasteiger partial charge is 0.390 e. The maximum Gasteiger partial charge on any atom is 0.155 e. The number of hydrogen-bond donors (Lipinski definition) is 1. The smallest absolute Gasteiger partial charge is 0.155 e. The van der Waals surface area contributed by atoms with Crippen LogP contribution in [-0.2, 0) is 4.79 Å². The van der Waals surface area contributed by atoms with Gasteiger partial charge in [-0.15, -0.1) is 0 Å². The van der Waals surface area contributed by atoms with Gasteiger partial charge >= 0.3 is 0 Å². The van der Waals surface area contributed by atoms with E-state index < -0.39 is 5.60 Å². The van der Waals surface area contributed by atoms with E-state index in [1.165, 1.54) is 25.7 Å². The Balaban J connectivity index is 1.69. The molecule has 5 unspecified atom stereocenters. The van der Waals surface area contributed by atoms with E-state index in [4.69, 9.17) is 0 Å². The SMILES string of the molecule is CC12C=CC(=O)C[C@H]1CCC1C2CCC2(C)C1CC[C@@]2(C)O. The molecular formula is C20H30O2. The van der Waals surface area contributed by atoms with Gasteiger partial charge in [-0.2, -0.15) is 0 Å². The van der Waals surface area contributed by atoms with Gasteiger partial charge in [-0.1, -0.05) is 19.9 Å². The molecule has 0 saturated heterocycles. The molecule has 22 heavy (non-hydrogen) atoms. The first-order valence-electron chi connectivity index (χ1n) is 9.22. The number of rotatable bonds is 0. The summed E-state index contributed by atoms with van der Waals surface area (Å²) < 4.78 is 0. The Morgan fingerprint density at radius 3 is 2.55 bits per heavy atom.